The Morgan fingerprint density at radius 2 is 1.96 bits per heavy atom. The summed E-state index contributed by atoms with van der Waals surface area (Å²) in [5.41, 5.74) is -1.45. The molecule has 25 heavy (non-hydrogen) atoms. The summed E-state index contributed by atoms with van der Waals surface area (Å²) in [5.74, 6) is -0.539. The number of likely N-dealkylation sites (tertiary alicyclic amines) is 1. The summed E-state index contributed by atoms with van der Waals surface area (Å²) in [5, 5.41) is 15.2. The van der Waals surface area contributed by atoms with Gasteiger partial charge in [0.05, 0.1) is 0 Å². The second-order valence-electron chi connectivity index (χ2n) is 8.30. The van der Waals surface area contributed by atoms with Crippen molar-refractivity contribution in [3.63, 3.8) is 0 Å². The van der Waals surface area contributed by atoms with Crippen molar-refractivity contribution in [1.82, 2.24) is 15.5 Å². The molecule has 4 atom stereocenters. The van der Waals surface area contributed by atoms with Crippen LogP contribution in [0.1, 0.15) is 40.5 Å². The van der Waals surface area contributed by atoms with E-state index in [4.69, 9.17) is 0 Å². The molecule has 0 bridgehead atoms. The van der Waals surface area contributed by atoms with E-state index in [-0.39, 0.29) is 29.6 Å². The highest BCUT2D eigenvalue weighted by molar-refractivity contribution is 5.92. The van der Waals surface area contributed by atoms with Crippen molar-refractivity contribution < 1.29 is 19.5 Å². The molecule has 1 aliphatic carbocycles. The Bertz CT molecular complexity index is 583. The molecule has 0 spiro atoms. The predicted octanol–water partition coefficient (Wildman–Crippen LogP) is 1.60. The Morgan fingerprint density at radius 3 is 2.44 bits per heavy atom. The van der Waals surface area contributed by atoms with E-state index in [9.17, 15) is 19.5 Å². The van der Waals surface area contributed by atoms with Crippen LogP contribution in [0.15, 0.2) is 12.7 Å². The average molecular weight is 351 g/mol. The summed E-state index contributed by atoms with van der Waals surface area (Å²) in [7, 11) is 0. The molecule has 1 heterocycles. The fraction of sp³-hybridized carbons (Fsp3) is 0.722. The van der Waals surface area contributed by atoms with Gasteiger partial charge in [-0.3, -0.25) is 9.59 Å². The summed E-state index contributed by atoms with van der Waals surface area (Å²) >= 11 is 0. The Labute approximate surface area is 148 Å². The number of hydrogen-bond donors (Lipinski definition) is 3. The zero-order valence-corrected chi connectivity index (χ0v) is 15.5. The van der Waals surface area contributed by atoms with Crippen molar-refractivity contribution in [3.8, 4) is 0 Å². The molecular weight excluding hydrogens is 322 g/mol. The molecule has 3 N–H and O–H groups in total. The lowest BCUT2D eigenvalue weighted by Gasteiger charge is -2.39. The van der Waals surface area contributed by atoms with Crippen molar-refractivity contribution in [2.45, 2.75) is 51.6 Å². The molecule has 0 radical (unpaired) electrons. The van der Waals surface area contributed by atoms with Gasteiger partial charge in [0, 0.05) is 25.6 Å². The predicted molar refractivity (Wildman–Crippen MR) is 93.9 cm³/mol. The Morgan fingerprint density at radius 1 is 1.32 bits per heavy atom. The number of nitrogens with zero attached hydrogens (tertiary/aromatic N) is 1. The molecule has 7 nitrogen and oxygen atoms in total. The van der Waals surface area contributed by atoms with Gasteiger partial charge in [0.25, 0.3) is 0 Å². The molecule has 0 aromatic carbocycles. The van der Waals surface area contributed by atoms with E-state index in [0.29, 0.717) is 25.9 Å². The quantitative estimate of drug-likeness (QED) is 0.670. The van der Waals surface area contributed by atoms with Crippen molar-refractivity contribution in [2.24, 2.45) is 17.8 Å². The largest absolute Gasteiger partial charge is 0.465 e. The SMILES string of the molecule is C=CC[C@H]1[C@@H]2CN(C(=O)O)C[C@@H]2C[C@@]1(NC(C)=O)C(=O)NC(C)(C)C. The van der Waals surface area contributed by atoms with E-state index in [1.54, 1.807) is 6.08 Å². The van der Waals surface area contributed by atoms with Crippen molar-refractivity contribution in [2.75, 3.05) is 13.1 Å². The van der Waals surface area contributed by atoms with Gasteiger partial charge in [-0.1, -0.05) is 6.08 Å². The second kappa shape index (κ2) is 6.69. The van der Waals surface area contributed by atoms with Gasteiger partial charge in [-0.2, -0.15) is 0 Å². The Balaban J connectivity index is 2.38. The number of amides is 3. The number of carboxylic acid groups (broad SMARTS) is 1. The van der Waals surface area contributed by atoms with Crippen LogP contribution in [0.25, 0.3) is 0 Å². The minimum absolute atomic E-state index is 0.0340. The summed E-state index contributed by atoms with van der Waals surface area (Å²) < 4.78 is 0. The molecule has 0 aromatic heterocycles. The molecule has 1 saturated heterocycles. The fourth-order valence-corrected chi connectivity index (χ4v) is 4.44. The lowest BCUT2D eigenvalue weighted by atomic mass is 9.79. The topological polar surface area (TPSA) is 98.7 Å². The number of rotatable bonds is 4. The van der Waals surface area contributed by atoms with Gasteiger partial charge in [0.2, 0.25) is 11.8 Å². The van der Waals surface area contributed by atoms with Gasteiger partial charge in [0.15, 0.2) is 0 Å². The number of allylic oxidation sites excluding steroid dienone is 1. The van der Waals surface area contributed by atoms with Crippen LogP contribution in [0.4, 0.5) is 4.79 Å². The zero-order valence-electron chi connectivity index (χ0n) is 15.5. The maximum atomic E-state index is 13.2. The van der Waals surface area contributed by atoms with Crippen LogP contribution in [-0.4, -0.2) is 52.1 Å². The van der Waals surface area contributed by atoms with Gasteiger partial charge in [-0.15, -0.1) is 6.58 Å². The van der Waals surface area contributed by atoms with Crippen LogP contribution in [-0.2, 0) is 9.59 Å². The molecule has 0 unspecified atom stereocenters. The van der Waals surface area contributed by atoms with Gasteiger partial charge in [-0.05, 0) is 51.4 Å². The normalized spacial score (nSPS) is 31.4. The van der Waals surface area contributed by atoms with Crippen LogP contribution in [0.2, 0.25) is 0 Å². The molecule has 2 aliphatic rings. The third-order valence-corrected chi connectivity index (χ3v) is 5.21. The molecule has 1 aliphatic heterocycles. The number of nitrogens with one attached hydrogen (secondary N) is 2. The minimum Gasteiger partial charge on any atom is -0.465 e. The smallest absolute Gasteiger partial charge is 0.407 e. The highest BCUT2D eigenvalue weighted by Gasteiger charge is 2.60. The number of carbonyl (C=O) groups is 3. The first-order valence-electron chi connectivity index (χ1n) is 8.70. The van der Waals surface area contributed by atoms with Gasteiger partial charge < -0.3 is 20.6 Å². The summed E-state index contributed by atoms with van der Waals surface area (Å²) in [6.07, 6.45) is 1.81. The van der Waals surface area contributed by atoms with E-state index in [2.05, 4.69) is 17.2 Å². The van der Waals surface area contributed by atoms with Crippen molar-refractivity contribution in [3.05, 3.63) is 12.7 Å². The first kappa shape index (κ1) is 19.3. The molecule has 2 fully saturated rings. The lowest BCUT2D eigenvalue weighted by Crippen LogP contribution is -2.64. The Kier molecular flexibility index (Phi) is 5.16. The third kappa shape index (κ3) is 3.80. The molecule has 7 heteroatoms. The zero-order chi connectivity index (χ0) is 19.0. The van der Waals surface area contributed by atoms with Crippen molar-refractivity contribution >= 4 is 17.9 Å². The molecule has 3 amide bonds. The van der Waals surface area contributed by atoms with E-state index < -0.39 is 17.2 Å². The van der Waals surface area contributed by atoms with Crippen molar-refractivity contribution in [1.29, 1.82) is 0 Å². The molecule has 140 valence electrons. The average Bonchev–Trinajstić information content (AvgIpc) is 2.95. The van der Waals surface area contributed by atoms with Gasteiger partial charge in [0.1, 0.15) is 5.54 Å². The minimum atomic E-state index is -1.02. The van der Waals surface area contributed by atoms with Crippen LogP contribution in [0.3, 0.4) is 0 Å². The van der Waals surface area contributed by atoms with Crippen LogP contribution >= 0.6 is 0 Å². The molecule has 2 rings (SSSR count). The maximum Gasteiger partial charge on any atom is 0.407 e. The number of hydrogen-bond acceptors (Lipinski definition) is 3. The summed E-state index contributed by atoms with van der Waals surface area (Å²) in [4.78, 5) is 37.8. The first-order chi connectivity index (χ1) is 11.5. The standard InChI is InChI=1S/C18H29N3O4/c1-6-7-14-13-10-21(16(24)25)9-12(13)8-18(14,19-11(2)22)15(23)20-17(3,4)5/h6,12-14H,1,7-10H2,2-5H3,(H,19,22)(H,20,23)(H,24,25)/t12-,13+,14-,18-/m0/s1. The van der Waals surface area contributed by atoms with E-state index in [1.165, 1.54) is 11.8 Å². The summed E-state index contributed by atoms with van der Waals surface area (Å²) in [6.45, 7) is 11.7. The fourth-order valence-electron chi connectivity index (χ4n) is 4.44. The third-order valence-electron chi connectivity index (χ3n) is 5.21. The maximum absolute atomic E-state index is 13.2. The second-order valence-corrected chi connectivity index (χ2v) is 8.30. The van der Waals surface area contributed by atoms with E-state index in [1.807, 2.05) is 20.8 Å². The van der Waals surface area contributed by atoms with Gasteiger partial charge in [-0.25, -0.2) is 4.79 Å². The highest BCUT2D eigenvalue weighted by atomic mass is 16.4. The first-order valence-corrected chi connectivity index (χ1v) is 8.70. The molecule has 0 aromatic rings. The molecular formula is C18H29N3O4. The molecule has 1 saturated carbocycles. The van der Waals surface area contributed by atoms with E-state index >= 15 is 0 Å². The number of fused-ring (bicyclic) bond motifs is 1. The van der Waals surface area contributed by atoms with Gasteiger partial charge >= 0.3 is 6.09 Å². The monoisotopic (exact) mass is 351 g/mol. The van der Waals surface area contributed by atoms with Crippen LogP contribution in [0.5, 0.6) is 0 Å². The lowest BCUT2D eigenvalue weighted by molar-refractivity contribution is -0.136. The Hall–Kier alpha value is -2.05. The van der Waals surface area contributed by atoms with Crippen LogP contribution in [0, 0.1) is 17.8 Å². The highest BCUT2D eigenvalue weighted by Crippen LogP contribution is 2.50. The number of carbonyl (C=O) groups excluding carboxylic acids is 2. The van der Waals surface area contributed by atoms with E-state index in [0.717, 1.165) is 0 Å². The summed E-state index contributed by atoms with van der Waals surface area (Å²) in [6, 6.07) is 0. The van der Waals surface area contributed by atoms with Crippen LogP contribution < -0.4 is 10.6 Å².